The van der Waals surface area contributed by atoms with Crippen LogP contribution in [0.4, 0.5) is 9.93 Å². The van der Waals surface area contributed by atoms with Crippen molar-refractivity contribution in [3.8, 4) is 5.75 Å². The average molecular weight is 328 g/mol. The minimum atomic E-state index is -0.405. The number of carbonyl (C=O) groups is 1. The van der Waals surface area contributed by atoms with Gasteiger partial charge >= 0.3 is 6.09 Å². The summed E-state index contributed by atoms with van der Waals surface area (Å²) in [6.07, 6.45) is -0.405. The summed E-state index contributed by atoms with van der Waals surface area (Å²) < 4.78 is 6.23. The molecule has 0 unspecified atom stereocenters. The van der Waals surface area contributed by atoms with Crippen LogP contribution in [0.1, 0.15) is 27.7 Å². The van der Waals surface area contributed by atoms with E-state index in [2.05, 4.69) is 4.98 Å². The Hall–Kier alpha value is -1.53. The smallest absolute Gasteiger partial charge is 0.410 e. The molecule has 0 spiro atoms. The molecule has 0 bridgehead atoms. The van der Waals surface area contributed by atoms with Crippen LogP contribution in [0, 0.1) is 0 Å². The predicted molar refractivity (Wildman–Crippen MR) is 87.2 cm³/mol. The van der Waals surface area contributed by atoms with Crippen LogP contribution in [-0.4, -0.2) is 28.1 Å². The fourth-order valence-electron chi connectivity index (χ4n) is 2.07. The number of hydrogen-bond donors (Lipinski definition) is 1. The number of nitrogen functional groups attached to an aromatic ring is 1. The Morgan fingerprint density at radius 1 is 1.48 bits per heavy atom. The van der Waals surface area contributed by atoms with Gasteiger partial charge < -0.3 is 15.4 Å². The Morgan fingerprint density at radius 3 is 2.71 bits per heavy atom. The third-order valence-corrected chi connectivity index (χ3v) is 4.11. The Labute approximate surface area is 132 Å². The number of nitrogens with zero attached hydrogens (tertiary/aromatic N) is 2. The zero-order chi connectivity index (χ0) is 15.8. The van der Waals surface area contributed by atoms with E-state index in [9.17, 15) is 4.79 Å². The number of ether oxygens (including phenoxy) is 1. The van der Waals surface area contributed by atoms with E-state index in [0.717, 1.165) is 4.70 Å². The van der Waals surface area contributed by atoms with E-state index in [4.69, 9.17) is 22.1 Å². The molecule has 1 amide bonds. The molecule has 0 fully saturated rings. The van der Waals surface area contributed by atoms with E-state index >= 15 is 0 Å². The first-order valence-electron chi connectivity index (χ1n) is 6.57. The van der Waals surface area contributed by atoms with Gasteiger partial charge in [0.25, 0.3) is 0 Å². The van der Waals surface area contributed by atoms with Gasteiger partial charge in [0.15, 0.2) is 5.13 Å². The molecule has 2 rings (SSSR count). The highest BCUT2D eigenvalue weighted by atomic mass is 35.5. The first kappa shape index (κ1) is 15.9. The Balaban J connectivity index is 2.29. The summed E-state index contributed by atoms with van der Waals surface area (Å²) in [5, 5.41) is 0.849. The maximum atomic E-state index is 12.3. The molecule has 0 saturated heterocycles. The first-order valence-corrected chi connectivity index (χ1v) is 7.77. The lowest BCUT2D eigenvalue weighted by atomic mass is 10.1. The number of thiazole rings is 1. The zero-order valence-electron chi connectivity index (χ0n) is 12.4. The summed E-state index contributed by atoms with van der Waals surface area (Å²) in [6, 6.07) is 3.31. The minimum absolute atomic E-state index is 0.311. The van der Waals surface area contributed by atoms with Gasteiger partial charge in [-0.25, -0.2) is 9.78 Å². The average Bonchev–Trinajstić information content (AvgIpc) is 2.69. The molecule has 1 heterocycles. The van der Waals surface area contributed by atoms with Crippen molar-refractivity contribution in [3.63, 3.8) is 0 Å². The largest absolute Gasteiger partial charge is 0.415 e. The molecule has 1 aromatic heterocycles. The lowest BCUT2D eigenvalue weighted by Gasteiger charge is -2.33. The van der Waals surface area contributed by atoms with Gasteiger partial charge in [0.2, 0.25) is 0 Å². The van der Waals surface area contributed by atoms with Gasteiger partial charge in [-0.2, -0.15) is 0 Å². The van der Waals surface area contributed by atoms with Crippen LogP contribution in [0.15, 0.2) is 12.1 Å². The maximum Gasteiger partial charge on any atom is 0.415 e. The highest BCUT2D eigenvalue weighted by Gasteiger charge is 2.26. The second kappa shape index (κ2) is 5.69. The second-order valence-electron chi connectivity index (χ2n) is 5.59. The summed E-state index contributed by atoms with van der Waals surface area (Å²) in [5.74, 6) is 0.392. The zero-order valence-corrected chi connectivity index (χ0v) is 14.0. The molecule has 114 valence electrons. The molecular weight excluding hydrogens is 310 g/mol. The van der Waals surface area contributed by atoms with Crippen molar-refractivity contribution in [2.45, 2.75) is 33.2 Å². The Kier molecular flexibility index (Phi) is 4.30. The van der Waals surface area contributed by atoms with Gasteiger partial charge in [-0.1, -0.05) is 22.9 Å². The van der Waals surface area contributed by atoms with E-state index < -0.39 is 6.09 Å². The van der Waals surface area contributed by atoms with E-state index in [1.807, 2.05) is 27.7 Å². The monoisotopic (exact) mass is 327 g/mol. The highest BCUT2D eigenvalue weighted by molar-refractivity contribution is 7.22. The Morgan fingerprint density at radius 2 is 2.14 bits per heavy atom. The maximum absolute atomic E-state index is 12.3. The van der Waals surface area contributed by atoms with E-state index in [1.165, 1.54) is 11.3 Å². The van der Waals surface area contributed by atoms with Crippen molar-refractivity contribution >= 4 is 44.4 Å². The number of halogens is 1. The standard InChI is InChI=1S/C14H18ClN3O2S/c1-5-18(14(2,3)4)13(19)20-8-6-9(15)11-10(7-8)21-12(16)17-11/h6-7H,5H2,1-4H3,(H2,16,17). The quantitative estimate of drug-likeness (QED) is 0.899. The molecule has 5 nitrogen and oxygen atoms in total. The summed E-state index contributed by atoms with van der Waals surface area (Å²) in [5.41, 5.74) is 5.99. The van der Waals surface area contributed by atoms with Gasteiger partial charge in [0.1, 0.15) is 11.3 Å². The molecule has 2 N–H and O–H groups in total. The van der Waals surface area contributed by atoms with Crippen LogP contribution in [0.3, 0.4) is 0 Å². The number of fused-ring (bicyclic) bond motifs is 1. The first-order chi connectivity index (χ1) is 9.72. The van der Waals surface area contributed by atoms with Crippen molar-refractivity contribution in [1.82, 2.24) is 9.88 Å². The summed E-state index contributed by atoms with van der Waals surface area (Å²) >= 11 is 7.45. The van der Waals surface area contributed by atoms with Crippen LogP contribution >= 0.6 is 22.9 Å². The van der Waals surface area contributed by atoms with Gasteiger partial charge in [0, 0.05) is 24.2 Å². The van der Waals surface area contributed by atoms with Gasteiger partial charge in [-0.15, -0.1) is 0 Å². The number of anilines is 1. The van der Waals surface area contributed by atoms with Crippen LogP contribution in [0.2, 0.25) is 5.02 Å². The lowest BCUT2D eigenvalue weighted by Crippen LogP contribution is -2.46. The number of amides is 1. The van der Waals surface area contributed by atoms with Gasteiger partial charge in [0.05, 0.1) is 9.72 Å². The highest BCUT2D eigenvalue weighted by Crippen LogP contribution is 2.34. The molecule has 0 saturated carbocycles. The molecule has 0 radical (unpaired) electrons. The summed E-state index contributed by atoms with van der Waals surface area (Å²) in [4.78, 5) is 18.0. The third-order valence-electron chi connectivity index (χ3n) is 2.99. The van der Waals surface area contributed by atoms with Gasteiger partial charge in [-0.3, -0.25) is 0 Å². The van der Waals surface area contributed by atoms with Gasteiger partial charge in [-0.05, 0) is 27.7 Å². The molecule has 1 aromatic carbocycles. The number of carbonyl (C=O) groups excluding carboxylic acids is 1. The molecule has 0 aliphatic carbocycles. The fraction of sp³-hybridized carbons (Fsp3) is 0.429. The normalized spacial score (nSPS) is 11.7. The molecule has 0 aliphatic heterocycles. The molecular formula is C14H18ClN3O2S. The Bertz CT molecular complexity index is 679. The molecule has 7 heteroatoms. The number of nitrogens with two attached hydrogens (primary N) is 1. The molecule has 2 aromatic rings. The minimum Gasteiger partial charge on any atom is -0.410 e. The summed E-state index contributed by atoms with van der Waals surface area (Å²) in [7, 11) is 0. The van der Waals surface area contributed by atoms with Crippen LogP contribution in [0.5, 0.6) is 5.75 Å². The second-order valence-corrected chi connectivity index (χ2v) is 7.06. The number of hydrogen-bond acceptors (Lipinski definition) is 5. The number of aromatic nitrogens is 1. The van der Waals surface area contributed by atoms with Crippen molar-refractivity contribution < 1.29 is 9.53 Å². The fourth-order valence-corrected chi connectivity index (χ4v) is 3.17. The van der Waals surface area contributed by atoms with Crippen molar-refractivity contribution in [2.75, 3.05) is 12.3 Å². The van der Waals surface area contributed by atoms with Crippen molar-refractivity contribution in [2.24, 2.45) is 0 Å². The summed E-state index contributed by atoms with van der Waals surface area (Å²) in [6.45, 7) is 8.34. The number of benzene rings is 1. The lowest BCUT2D eigenvalue weighted by molar-refractivity contribution is 0.111. The molecule has 0 atom stereocenters. The van der Waals surface area contributed by atoms with E-state index in [-0.39, 0.29) is 5.54 Å². The molecule has 21 heavy (non-hydrogen) atoms. The van der Waals surface area contributed by atoms with Crippen LogP contribution < -0.4 is 10.5 Å². The van der Waals surface area contributed by atoms with Crippen molar-refractivity contribution in [3.05, 3.63) is 17.2 Å². The SMILES string of the molecule is CCN(C(=O)Oc1cc(Cl)c2nc(N)sc2c1)C(C)(C)C. The van der Waals surface area contributed by atoms with Crippen LogP contribution in [-0.2, 0) is 0 Å². The number of rotatable bonds is 2. The van der Waals surface area contributed by atoms with Crippen molar-refractivity contribution in [1.29, 1.82) is 0 Å². The molecule has 0 aliphatic rings. The van der Waals surface area contributed by atoms with E-state index in [0.29, 0.717) is 28.0 Å². The predicted octanol–water partition coefficient (Wildman–Crippen LogP) is 4.15. The van der Waals surface area contributed by atoms with E-state index in [1.54, 1.807) is 17.0 Å². The third kappa shape index (κ3) is 3.39. The topological polar surface area (TPSA) is 68.5 Å². The van der Waals surface area contributed by atoms with Crippen LogP contribution in [0.25, 0.3) is 10.2 Å².